The standard InChI is InChI=1S/C17H27N3/c1-19(2)15-7-6-8-16(13-15)20-12-11-18-17(14-20)9-4-3-5-10-17/h6-8,13,18H,3-5,9-12,14H2,1-2H3. The molecule has 110 valence electrons. The average Bonchev–Trinajstić information content (AvgIpc) is 2.48. The molecule has 2 fully saturated rings. The molecule has 1 saturated carbocycles. The number of rotatable bonds is 2. The molecule has 2 aliphatic rings. The van der Waals surface area contributed by atoms with Crippen LogP contribution in [0.4, 0.5) is 11.4 Å². The summed E-state index contributed by atoms with van der Waals surface area (Å²) in [6.07, 6.45) is 6.88. The van der Waals surface area contributed by atoms with E-state index >= 15 is 0 Å². The van der Waals surface area contributed by atoms with E-state index in [0.717, 1.165) is 13.1 Å². The molecule has 3 nitrogen and oxygen atoms in total. The fourth-order valence-electron chi connectivity index (χ4n) is 3.71. The van der Waals surface area contributed by atoms with Crippen LogP contribution in [0.3, 0.4) is 0 Å². The molecule has 3 heteroatoms. The van der Waals surface area contributed by atoms with Gasteiger partial charge in [-0.2, -0.15) is 0 Å². The van der Waals surface area contributed by atoms with Gasteiger partial charge in [-0.1, -0.05) is 25.3 Å². The van der Waals surface area contributed by atoms with Gasteiger partial charge in [0.05, 0.1) is 0 Å². The maximum Gasteiger partial charge on any atom is 0.0388 e. The summed E-state index contributed by atoms with van der Waals surface area (Å²) in [5, 5.41) is 3.82. The quantitative estimate of drug-likeness (QED) is 0.894. The van der Waals surface area contributed by atoms with Crippen LogP contribution in [0.1, 0.15) is 32.1 Å². The first kappa shape index (κ1) is 13.7. The molecule has 1 saturated heterocycles. The Bertz CT molecular complexity index is 444. The van der Waals surface area contributed by atoms with E-state index in [-0.39, 0.29) is 0 Å². The van der Waals surface area contributed by atoms with Crippen LogP contribution in [-0.4, -0.2) is 39.3 Å². The van der Waals surface area contributed by atoms with Crippen LogP contribution in [0.25, 0.3) is 0 Å². The number of anilines is 2. The van der Waals surface area contributed by atoms with Crippen molar-refractivity contribution in [3.05, 3.63) is 24.3 Å². The lowest BCUT2D eigenvalue weighted by Crippen LogP contribution is -2.61. The minimum Gasteiger partial charge on any atom is -0.378 e. The third-order valence-corrected chi connectivity index (χ3v) is 4.90. The molecule has 1 aliphatic carbocycles. The van der Waals surface area contributed by atoms with E-state index in [1.165, 1.54) is 50.0 Å². The number of nitrogens with one attached hydrogen (secondary N) is 1. The van der Waals surface area contributed by atoms with E-state index in [1.807, 2.05) is 0 Å². The molecule has 0 atom stereocenters. The van der Waals surface area contributed by atoms with Gasteiger partial charge in [-0.3, -0.25) is 0 Å². The summed E-state index contributed by atoms with van der Waals surface area (Å²) in [4.78, 5) is 4.76. The molecule has 1 aliphatic heterocycles. The lowest BCUT2D eigenvalue weighted by atomic mass is 9.80. The van der Waals surface area contributed by atoms with Gasteiger partial charge in [0.15, 0.2) is 0 Å². The highest BCUT2D eigenvalue weighted by atomic mass is 15.2. The number of hydrogen-bond donors (Lipinski definition) is 1. The van der Waals surface area contributed by atoms with Crippen LogP contribution < -0.4 is 15.1 Å². The zero-order valence-corrected chi connectivity index (χ0v) is 12.9. The number of benzene rings is 1. The maximum absolute atomic E-state index is 3.82. The van der Waals surface area contributed by atoms with Crippen LogP contribution >= 0.6 is 0 Å². The maximum atomic E-state index is 3.82. The summed E-state index contributed by atoms with van der Waals surface area (Å²) in [6, 6.07) is 8.94. The first-order valence-electron chi connectivity index (χ1n) is 7.96. The van der Waals surface area contributed by atoms with E-state index in [9.17, 15) is 0 Å². The van der Waals surface area contributed by atoms with E-state index in [4.69, 9.17) is 0 Å². The Hall–Kier alpha value is -1.22. The molecule has 1 heterocycles. The van der Waals surface area contributed by atoms with Gasteiger partial charge >= 0.3 is 0 Å². The van der Waals surface area contributed by atoms with E-state index in [2.05, 4.69) is 53.5 Å². The van der Waals surface area contributed by atoms with Gasteiger partial charge < -0.3 is 15.1 Å². The van der Waals surface area contributed by atoms with E-state index in [1.54, 1.807) is 0 Å². The van der Waals surface area contributed by atoms with Gasteiger partial charge in [0.25, 0.3) is 0 Å². The predicted molar refractivity (Wildman–Crippen MR) is 86.8 cm³/mol. The molecule has 0 aromatic heterocycles. The molecular weight excluding hydrogens is 246 g/mol. The Morgan fingerprint density at radius 3 is 2.70 bits per heavy atom. The van der Waals surface area contributed by atoms with Crippen LogP contribution in [0, 0.1) is 0 Å². The second-order valence-electron chi connectivity index (χ2n) is 6.60. The summed E-state index contributed by atoms with van der Waals surface area (Å²) in [6.45, 7) is 3.41. The Morgan fingerprint density at radius 2 is 1.95 bits per heavy atom. The molecule has 0 bridgehead atoms. The lowest BCUT2D eigenvalue weighted by molar-refractivity contribution is 0.216. The molecule has 1 N–H and O–H groups in total. The zero-order chi connectivity index (χ0) is 14.0. The Labute approximate surface area is 123 Å². The summed E-state index contributed by atoms with van der Waals surface area (Å²) in [5.74, 6) is 0. The second kappa shape index (κ2) is 5.65. The van der Waals surface area contributed by atoms with Gasteiger partial charge in [-0.05, 0) is 31.0 Å². The minimum atomic E-state index is 0.380. The molecule has 20 heavy (non-hydrogen) atoms. The summed E-state index contributed by atoms with van der Waals surface area (Å²) < 4.78 is 0. The van der Waals surface area contributed by atoms with Crippen molar-refractivity contribution in [2.24, 2.45) is 0 Å². The summed E-state index contributed by atoms with van der Waals surface area (Å²) in [7, 11) is 4.22. The SMILES string of the molecule is CN(C)c1cccc(N2CCNC3(CCCCC3)C2)c1. The van der Waals surface area contributed by atoms with Gasteiger partial charge in [0.2, 0.25) is 0 Å². The van der Waals surface area contributed by atoms with Crippen molar-refractivity contribution in [1.29, 1.82) is 0 Å². The van der Waals surface area contributed by atoms with Gasteiger partial charge in [-0.25, -0.2) is 0 Å². The zero-order valence-electron chi connectivity index (χ0n) is 12.9. The molecule has 0 amide bonds. The molecule has 1 spiro atoms. The Morgan fingerprint density at radius 1 is 1.15 bits per heavy atom. The van der Waals surface area contributed by atoms with Crippen molar-refractivity contribution in [2.45, 2.75) is 37.6 Å². The fourth-order valence-corrected chi connectivity index (χ4v) is 3.71. The van der Waals surface area contributed by atoms with Crippen molar-refractivity contribution in [1.82, 2.24) is 5.32 Å². The van der Waals surface area contributed by atoms with E-state index in [0.29, 0.717) is 5.54 Å². The Balaban J connectivity index is 1.78. The largest absolute Gasteiger partial charge is 0.378 e. The molecule has 1 aromatic rings. The smallest absolute Gasteiger partial charge is 0.0388 e. The lowest BCUT2D eigenvalue weighted by Gasteiger charge is -2.47. The first-order chi connectivity index (χ1) is 9.69. The molecular formula is C17H27N3. The highest BCUT2D eigenvalue weighted by molar-refractivity contribution is 5.59. The second-order valence-corrected chi connectivity index (χ2v) is 6.60. The molecule has 1 aromatic carbocycles. The summed E-state index contributed by atoms with van der Waals surface area (Å²) in [5.41, 5.74) is 3.05. The van der Waals surface area contributed by atoms with Gasteiger partial charge in [0, 0.05) is 50.6 Å². The average molecular weight is 273 g/mol. The van der Waals surface area contributed by atoms with Crippen molar-refractivity contribution in [3.63, 3.8) is 0 Å². The molecule has 0 radical (unpaired) electrons. The normalized spacial score (nSPS) is 22.0. The first-order valence-corrected chi connectivity index (χ1v) is 7.96. The topological polar surface area (TPSA) is 18.5 Å². The van der Waals surface area contributed by atoms with Crippen molar-refractivity contribution >= 4 is 11.4 Å². The highest BCUT2D eigenvalue weighted by Crippen LogP contribution is 2.33. The van der Waals surface area contributed by atoms with Gasteiger partial charge in [-0.15, -0.1) is 0 Å². The molecule has 0 unspecified atom stereocenters. The number of hydrogen-bond acceptors (Lipinski definition) is 3. The van der Waals surface area contributed by atoms with Crippen LogP contribution in [0.5, 0.6) is 0 Å². The number of nitrogens with zero attached hydrogens (tertiary/aromatic N) is 2. The predicted octanol–water partition coefficient (Wildman–Crippen LogP) is 2.87. The van der Waals surface area contributed by atoms with Crippen molar-refractivity contribution in [3.8, 4) is 0 Å². The Kier molecular flexibility index (Phi) is 3.88. The van der Waals surface area contributed by atoms with Crippen LogP contribution in [0.2, 0.25) is 0 Å². The monoisotopic (exact) mass is 273 g/mol. The van der Waals surface area contributed by atoms with E-state index < -0.39 is 0 Å². The van der Waals surface area contributed by atoms with Crippen LogP contribution in [0.15, 0.2) is 24.3 Å². The fraction of sp³-hybridized carbons (Fsp3) is 0.647. The van der Waals surface area contributed by atoms with Crippen molar-refractivity contribution < 1.29 is 0 Å². The van der Waals surface area contributed by atoms with Crippen molar-refractivity contribution in [2.75, 3.05) is 43.5 Å². The third-order valence-electron chi connectivity index (χ3n) is 4.90. The molecule has 3 rings (SSSR count). The summed E-state index contributed by atoms with van der Waals surface area (Å²) >= 11 is 0. The third kappa shape index (κ3) is 2.78. The number of piperazine rings is 1. The van der Waals surface area contributed by atoms with Gasteiger partial charge in [0.1, 0.15) is 0 Å². The highest BCUT2D eigenvalue weighted by Gasteiger charge is 2.36. The minimum absolute atomic E-state index is 0.380. The van der Waals surface area contributed by atoms with Crippen LogP contribution in [-0.2, 0) is 0 Å².